The van der Waals surface area contributed by atoms with Gasteiger partial charge in [0.25, 0.3) is 0 Å². The Bertz CT molecular complexity index is 364. The summed E-state index contributed by atoms with van der Waals surface area (Å²) in [6, 6.07) is 2.03. The van der Waals surface area contributed by atoms with Crippen molar-refractivity contribution in [1.82, 2.24) is 15.2 Å². The molecule has 0 saturated carbocycles. The van der Waals surface area contributed by atoms with Crippen molar-refractivity contribution in [1.29, 1.82) is 0 Å². The van der Waals surface area contributed by atoms with E-state index in [1.54, 1.807) is 6.20 Å². The lowest BCUT2D eigenvalue weighted by atomic mass is 10.2. The number of nitrogens with one attached hydrogen (secondary N) is 1. The van der Waals surface area contributed by atoms with Crippen LogP contribution in [0.3, 0.4) is 0 Å². The van der Waals surface area contributed by atoms with E-state index < -0.39 is 0 Å². The molecule has 56 valence electrons. The fourth-order valence-corrected chi connectivity index (χ4v) is 1.21. The average molecular weight is 147 g/mol. The maximum absolute atomic E-state index is 4.03. The zero-order valence-corrected chi connectivity index (χ0v) is 6.33. The normalized spacial score (nSPS) is 10.6. The molecule has 3 nitrogen and oxygen atoms in total. The molecule has 0 aliphatic carbocycles. The van der Waals surface area contributed by atoms with Crippen LogP contribution in [0.5, 0.6) is 0 Å². The van der Waals surface area contributed by atoms with E-state index in [9.17, 15) is 0 Å². The van der Waals surface area contributed by atoms with E-state index in [0.717, 1.165) is 17.6 Å². The first-order valence-electron chi connectivity index (χ1n) is 3.69. The van der Waals surface area contributed by atoms with E-state index in [4.69, 9.17) is 0 Å². The van der Waals surface area contributed by atoms with Crippen LogP contribution in [0.15, 0.2) is 18.5 Å². The maximum Gasteiger partial charge on any atom is 0.0737 e. The summed E-state index contributed by atoms with van der Waals surface area (Å²) in [7, 11) is 0. The summed E-state index contributed by atoms with van der Waals surface area (Å²) in [4.78, 5) is 3.09. The van der Waals surface area contributed by atoms with E-state index in [0.29, 0.717) is 0 Å². The highest BCUT2D eigenvalue weighted by Gasteiger charge is 1.99. The summed E-state index contributed by atoms with van der Waals surface area (Å²) >= 11 is 0. The highest BCUT2D eigenvalue weighted by atomic mass is 15.1. The van der Waals surface area contributed by atoms with Crippen molar-refractivity contribution >= 4 is 10.9 Å². The van der Waals surface area contributed by atoms with Gasteiger partial charge in [-0.15, -0.1) is 0 Å². The highest BCUT2D eigenvalue weighted by molar-refractivity contribution is 5.80. The molecule has 2 aromatic rings. The molecule has 0 spiro atoms. The fourth-order valence-electron chi connectivity index (χ4n) is 1.21. The molecular weight excluding hydrogens is 138 g/mol. The zero-order valence-electron chi connectivity index (χ0n) is 6.33. The van der Waals surface area contributed by atoms with Gasteiger partial charge in [0.15, 0.2) is 0 Å². The first-order valence-corrected chi connectivity index (χ1v) is 3.69. The van der Waals surface area contributed by atoms with Crippen LogP contribution >= 0.6 is 0 Å². The maximum atomic E-state index is 4.03. The van der Waals surface area contributed by atoms with Crippen LogP contribution in [-0.2, 0) is 6.42 Å². The minimum Gasteiger partial charge on any atom is -0.360 e. The highest BCUT2D eigenvalue weighted by Crippen LogP contribution is 2.13. The van der Waals surface area contributed by atoms with E-state index >= 15 is 0 Å². The van der Waals surface area contributed by atoms with Gasteiger partial charge in [-0.1, -0.05) is 6.92 Å². The summed E-state index contributed by atoms with van der Waals surface area (Å²) in [6.45, 7) is 2.08. The SMILES string of the molecule is CCc1nncc2[nH]ccc12. The monoisotopic (exact) mass is 147 g/mol. The van der Waals surface area contributed by atoms with Crippen LogP contribution in [-0.4, -0.2) is 15.2 Å². The topological polar surface area (TPSA) is 41.6 Å². The van der Waals surface area contributed by atoms with Crippen LogP contribution in [0.1, 0.15) is 12.6 Å². The first kappa shape index (κ1) is 6.34. The van der Waals surface area contributed by atoms with Crippen LogP contribution in [0.25, 0.3) is 10.9 Å². The quantitative estimate of drug-likeness (QED) is 0.664. The molecular formula is C8H9N3. The number of H-pyrrole nitrogens is 1. The lowest BCUT2D eigenvalue weighted by Crippen LogP contribution is -1.89. The van der Waals surface area contributed by atoms with Crippen molar-refractivity contribution < 1.29 is 0 Å². The van der Waals surface area contributed by atoms with Gasteiger partial charge >= 0.3 is 0 Å². The number of nitrogens with zero attached hydrogens (tertiary/aromatic N) is 2. The van der Waals surface area contributed by atoms with Gasteiger partial charge in [-0.2, -0.15) is 10.2 Å². The summed E-state index contributed by atoms with van der Waals surface area (Å²) in [5.74, 6) is 0. The number of aryl methyl sites for hydroxylation is 1. The van der Waals surface area contributed by atoms with Gasteiger partial charge in [0, 0.05) is 11.6 Å². The molecule has 0 aliphatic heterocycles. The Morgan fingerprint density at radius 3 is 3.27 bits per heavy atom. The van der Waals surface area contributed by atoms with Crippen molar-refractivity contribution in [2.45, 2.75) is 13.3 Å². The predicted molar refractivity (Wildman–Crippen MR) is 43.3 cm³/mol. The van der Waals surface area contributed by atoms with Crippen molar-refractivity contribution in [2.75, 3.05) is 0 Å². The van der Waals surface area contributed by atoms with E-state index in [1.165, 1.54) is 5.39 Å². The summed E-state index contributed by atoms with van der Waals surface area (Å²) in [5.41, 5.74) is 2.13. The van der Waals surface area contributed by atoms with Gasteiger partial charge in [0.1, 0.15) is 0 Å². The van der Waals surface area contributed by atoms with Gasteiger partial charge in [-0.3, -0.25) is 0 Å². The van der Waals surface area contributed by atoms with E-state index in [2.05, 4.69) is 22.1 Å². The Morgan fingerprint density at radius 2 is 2.45 bits per heavy atom. The molecule has 2 rings (SSSR count). The van der Waals surface area contributed by atoms with Crippen LogP contribution in [0.4, 0.5) is 0 Å². The largest absolute Gasteiger partial charge is 0.360 e. The Kier molecular flexibility index (Phi) is 1.35. The molecule has 0 bridgehead atoms. The van der Waals surface area contributed by atoms with Crippen LogP contribution < -0.4 is 0 Å². The second-order valence-corrected chi connectivity index (χ2v) is 2.45. The van der Waals surface area contributed by atoms with Crippen LogP contribution in [0, 0.1) is 0 Å². The van der Waals surface area contributed by atoms with Gasteiger partial charge in [0.2, 0.25) is 0 Å². The minimum absolute atomic E-state index is 0.933. The summed E-state index contributed by atoms with van der Waals surface area (Å²) < 4.78 is 0. The Hall–Kier alpha value is -1.38. The predicted octanol–water partition coefficient (Wildman–Crippen LogP) is 1.52. The average Bonchev–Trinajstić information content (AvgIpc) is 2.50. The minimum atomic E-state index is 0.933. The molecule has 11 heavy (non-hydrogen) atoms. The third kappa shape index (κ3) is 0.888. The first-order chi connectivity index (χ1) is 5.42. The van der Waals surface area contributed by atoms with E-state index in [-0.39, 0.29) is 0 Å². The molecule has 0 amide bonds. The van der Waals surface area contributed by atoms with Crippen LogP contribution in [0.2, 0.25) is 0 Å². The number of rotatable bonds is 1. The summed E-state index contributed by atoms with van der Waals surface area (Å²) in [6.07, 6.45) is 4.59. The molecule has 0 unspecified atom stereocenters. The zero-order chi connectivity index (χ0) is 7.68. The lowest BCUT2D eigenvalue weighted by molar-refractivity contribution is 0.939. The molecule has 3 heteroatoms. The Balaban J connectivity index is 2.79. The number of fused-ring (bicyclic) bond motifs is 1. The molecule has 1 N–H and O–H groups in total. The molecule has 0 aromatic carbocycles. The molecule has 0 saturated heterocycles. The van der Waals surface area contributed by atoms with Crippen molar-refractivity contribution in [2.24, 2.45) is 0 Å². The van der Waals surface area contributed by atoms with Crippen molar-refractivity contribution in [3.8, 4) is 0 Å². The second-order valence-electron chi connectivity index (χ2n) is 2.45. The third-order valence-corrected chi connectivity index (χ3v) is 1.79. The molecule has 0 atom stereocenters. The Labute approximate surface area is 64.5 Å². The Morgan fingerprint density at radius 1 is 1.55 bits per heavy atom. The third-order valence-electron chi connectivity index (χ3n) is 1.79. The lowest BCUT2D eigenvalue weighted by Gasteiger charge is -1.94. The van der Waals surface area contributed by atoms with Crippen molar-refractivity contribution in [3.63, 3.8) is 0 Å². The fraction of sp³-hybridized carbons (Fsp3) is 0.250. The second kappa shape index (κ2) is 2.34. The number of aromatic nitrogens is 3. The molecule has 0 fully saturated rings. The number of hydrogen-bond acceptors (Lipinski definition) is 2. The van der Waals surface area contributed by atoms with Gasteiger partial charge in [-0.25, -0.2) is 0 Å². The molecule has 2 heterocycles. The number of hydrogen-bond donors (Lipinski definition) is 1. The smallest absolute Gasteiger partial charge is 0.0737 e. The summed E-state index contributed by atoms with van der Waals surface area (Å²) in [5, 5.41) is 9.09. The van der Waals surface area contributed by atoms with Crippen molar-refractivity contribution in [3.05, 3.63) is 24.2 Å². The van der Waals surface area contributed by atoms with Gasteiger partial charge in [-0.05, 0) is 12.5 Å². The standard InChI is InChI=1S/C8H9N3/c1-2-7-6-3-4-9-8(6)5-10-11-7/h3-5,9H,2H2,1H3. The van der Waals surface area contributed by atoms with Gasteiger partial charge < -0.3 is 4.98 Å². The van der Waals surface area contributed by atoms with Gasteiger partial charge in [0.05, 0.1) is 17.4 Å². The molecule has 2 aromatic heterocycles. The number of aromatic amines is 1. The molecule has 0 radical (unpaired) electrons. The molecule has 0 aliphatic rings. The van der Waals surface area contributed by atoms with E-state index in [1.807, 2.05) is 12.3 Å².